The van der Waals surface area contributed by atoms with Crippen LogP contribution in [0.25, 0.3) is 0 Å². The minimum Gasteiger partial charge on any atom is -0.278 e. The average molecular weight is 348 g/mol. The molecule has 0 aliphatic heterocycles. The van der Waals surface area contributed by atoms with Gasteiger partial charge in [-0.2, -0.15) is 0 Å². The zero-order chi connectivity index (χ0) is 13.2. The smallest absolute Gasteiger partial charge is 0.261 e. The van der Waals surface area contributed by atoms with Gasteiger partial charge in [-0.1, -0.05) is 17.7 Å². The highest BCUT2D eigenvalue weighted by Gasteiger charge is 2.14. The zero-order valence-electron chi connectivity index (χ0n) is 8.97. The summed E-state index contributed by atoms with van der Waals surface area (Å²) in [6, 6.07) is 7.67. The molecule has 0 spiro atoms. The van der Waals surface area contributed by atoms with Gasteiger partial charge in [-0.15, -0.1) is 0 Å². The molecule has 0 fully saturated rings. The summed E-state index contributed by atoms with van der Waals surface area (Å²) >= 11 is 8.99. The van der Waals surface area contributed by atoms with E-state index in [0.717, 1.165) is 0 Å². The van der Waals surface area contributed by atoms with Crippen molar-refractivity contribution >= 4 is 43.2 Å². The van der Waals surface area contributed by atoms with Gasteiger partial charge in [0.1, 0.15) is 0 Å². The van der Waals surface area contributed by atoms with E-state index in [-0.39, 0.29) is 4.90 Å². The molecule has 0 aliphatic rings. The summed E-state index contributed by atoms with van der Waals surface area (Å²) in [6.45, 7) is 0. The Labute approximate surface area is 118 Å². The highest BCUT2D eigenvalue weighted by molar-refractivity contribution is 9.10. The van der Waals surface area contributed by atoms with Crippen molar-refractivity contribution in [1.29, 1.82) is 0 Å². The van der Waals surface area contributed by atoms with Crippen molar-refractivity contribution in [3.05, 3.63) is 52.2 Å². The first-order valence-corrected chi connectivity index (χ1v) is 7.52. The number of hydrogen-bond donors (Lipinski definition) is 1. The van der Waals surface area contributed by atoms with Gasteiger partial charge in [-0.25, -0.2) is 8.42 Å². The summed E-state index contributed by atoms with van der Waals surface area (Å²) in [6.07, 6.45) is 2.99. The lowest BCUT2D eigenvalue weighted by atomic mass is 10.4. The van der Waals surface area contributed by atoms with Crippen LogP contribution in [0.5, 0.6) is 0 Å². The van der Waals surface area contributed by atoms with E-state index >= 15 is 0 Å². The van der Waals surface area contributed by atoms with Gasteiger partial charge in [0.25, 0.3) is 10.0 Å². The lowest BCUT2D eigenvalue weighted by Crippen LogP contribution is -2.13. The molecule has 7 heteroatoms. The van der Waals surface area contributed by atoms with E-state index in [1.54, 1.807) is 24.4 Å². The molecule has 0 saturated heterocycles. The molecule has 0 bridgehead atoms. The van der Waals surface area contributed by atoms with Crippen molar-refractivity contribution in [2.75, 3.05) is 4.72 Å². The number of pyridine rings is 1. The lowest BCUT2D eigenvalue weighted by molar-refractivity contribution is 0.601. The first kappa shape index (κ1) is 13.3. The lowest BCUT2D eigenvalue weighted by Gasteiger charge is -2.08. The van der Waals surface area contributed by atoms with E-state index in [2.05, 4.69) is 25.6 Å². The van der Waals surface area contributed by atoms with Crippen LogP contribution < -0.4 is 4.72 Å². The van der Waals surface area contributed by atoms with Crippen molar-refractivity contribution in [2.24, 2.45) is 0 Å². The Morgan fingerprint density at radius 1 is 1.22 bits per heavy atom. The van der Waals surface area contributed by atoms with Gasteiger partial charge in [0.2, 0.25) is 0 Å². The second kappa shape index (κ2) is 5.26. The molecule has 0 atom stereocenters. The van der Waals surface area contributed by atoms with Crippen LogP contribution in [0.3, 0.4) is 0 Å². The SMILES string of the molecule is O=S(=O)(Nc1cncc(Br)c1)c1cccc(Cl)c1. The molecule has 0 saturated carbocycles. The van der Waals surface area contributed by atoms with E-state index < -0.39 is 10.0 Å². The minimum absolute atomic E-state index is 0.106. The number of anilines is 1. The van der Waals surface area contributed by atoms with E-state index in [4.69, 9.17) is 11.6 Å². The van der Waals surface area contributed by atoms with Crippen molar-refractivity contribution in [2.45, 2.75) is 4.90 Å². The number of benzene rings is 1. The van der Waals surface area contributed by atoms with E-state index in [0.29, 0.717) is 15.2 Å². The number of rotatable bonds is 3. The van der Waals surface area contributed by atoms with Crippen LogP contribution in [0.1, 0.15) is 0 Å². The van der Waals surface area contributed by atoms with Gasteiger partial charge in [-0.05, 0) is 40.2 Å². The van der Waals surface area contributed by atoms with Crippen LogP contribution in [0.15, 0.2) is 52.1 Å². The Hall–Kier alpha value is -1.11. The minimum atomic E-state index is -3.65. The largest absolute Gasteiger partial charge is 0.278 e. The fraction of sp³-hybridized carbons (Fsp3) is 0. The quantitative estimate of drug-likeness (QED) is 0.927. The maximum Gasteiger partial charge on any atom is 0.261 e. The molecule has 1 aromatic heterocycles. The van der Waals surface area contributed by atoms with Crippen LogP contribution in [-0.4, -0.2) is 13.4 Å². The maximum absolute atomic E-state index is 12.1. The summed E-state index contributed by atoms with van der Waals surface area (Å²) in [4.78, 5) is 3.99. The Morgan fingerprint density at radius 3 is 2.67 bits per heavy atom. The van der Waals surface area contributed by atoms with Crippen molar-refractivity contribution in [1.82, 2.24) is 4.98 Å². The molecule has 94 valence electrons. The molecule has 1 N–H and O–H groups in total. The molecular weight excluding hydrogens is 340 g/mol. The second-order valence-corrected chi connectivity index (χ2v) is 6.49. The fourth-order valence-corrected chi connectivity index (χ4v) is 3.02. The predicted molar refractivity (Wildman–Crippen MR) is 74.2 cm³/mol. The van der Waals surface area contributed by atoms with Crippen molar-refractivity contribution in [3.63, 3.8) is 0 Å². The number of hydrogen-bond acceptors (Lipinski definition) is 3. The third-order valence-electron chi connectivity index (χ3n) is 2.06. The fourth-order valence-electron chi connectivity index (χ4n) is 1.32. The summed E-state index contributed by atoms with van der Waals surface area (Å²) < 4.78 is 27.2. The summed E-state index contributed by atoms with van der Waals surface area (Å²) in [5.74, 6) is 0. The maximum atomic E-state index is 12.1. The number of nitrogens with one attached hydrogen (secondary N) is 1. The average Bonchev–Trinajstić information content (AvgIpc) is 2.28. The summed E-state index contributed by atoms with van der Waals surface area (Å²) in [7, 11) is -3.65. The Morgan fingerprint density at radius 2 is 2.00 bits per heavy atom. The molecule has 0 amide bonds. The zero-order valence-corrected chi connectivity index (χ0v) is 12.1. The molecule has 0 aliphatic carbocycles. The van der Waals surface area contributed by atoms with Crippen LogP contribution >= 0.6 is 27.5 Å². The molecule has 1 aromatic carbocycles. The van der Waals surface area contributed by atoms with Gasteiger partial charge in [0, 0.05) is 15.7 Å². The molecule has 0 radical (unpaired) electrons. The first-order valence-electron chi connectivity index (χ1n) is 4.86. The number of nitrogens with zero attached hydrogens (tertiary/aromatic N) is 1. The van der Waals surface area contributed by atoms with E-state index in [9.17, 15) is 8.42 Å². The number of halogens is 2. The molecule has 18 heavy (non-hydrogen) atoms. The van der Waals surface area contributed by atoms with Crippen LogP contribution in [-0.2, 0) is 10.0 Å². The van der Waals surface area contributed by atoms with Crippen molar-refractivity contribution < 1.29 is 8.42 Å². The molecule has 4 nitrogen and oxygen atoms in total. The Balaban J connectivity index is 2.33. The molecule has 2 rings (SSSR count). The van der Waals surface area contributed by atoms with Crippen molar-refractivity contribution in [3.8, 4) is 0 Å². The molecule has 0 unspecified atom stereocenters. The molecule has 1 heterocycles. The van der Waals surface area contributed by atoms with Crippen LogP contribution in [0, 0.1) is 0 Å². The highest BCUT2D eigenvalue weighted by atomic mass is 79.9. The number of sulfonamides is 1. The first-order chi connectivity index (χ1) is 8.47. The predicted octanol–water partition coefficient (Wildman–Crippen LogP) is 3.30. The Kier molecular flexibility index (Phi) is 3.89. The number of aromatic nitrogens is 1. The van der Waals surface area contributed by atoms with Crippen LogP contribution in [0.2, 0.25) is 5.02 Å². The third-order valence-corrected chi connectivity index (χ3v) is 4.11. The van der Waals surface area contributed by atoms with Gasteiger partial charge >= 0.3 is 0 Å². The van der Waals surface area contributed by atoms with Gasteiger partial charge in [0.15, 0.2) is 0 Å². The van der Waals surface area contributed by atoms with E-state index in [1.807, 2.05) is 0 Å². The molecule has 2 aromatic rings. The monoisotopic (exact) mass is 346 g/mol. The van der Waals surface area contributed by atoms with Gasteiger partial charge < -0.3 is 0 Å². The van der Waals surface area contributed by atoms with Crippen LogP contribution in [0.4, 0.5) is 5.69 Å². The topological polar surface area (TPSA) is 59.1 Å². The third kappa shape index (κ3) is 3.22. The van der Waals surface area contributed by atoms with Gasteiger partial charge in [-0.3, -0.25) is 9.71 Å². The summed E-state index contributed by atoms with van der Waals surface area (Å²) in [5, 5.41) is 0.366. The highest BCUT2D eigenvalue weighted by Crippen LogP contribution is 2.20. The van der Waals surface area contributed by atoms with Gasteiger partial charge in [0.05, 0.1) is 16.8 Å². The standard InChI is InChI=1S/C11H8BrClN2O2S/c12-8-4-10(7-14-6-8)15-18(16,17)11-3-1-2-9(13)5-11/h1-7,15H. The normalized spacial score (nSPS) is 11.2. The summed E-state index contributed by atoms with van der Waals surface area (Å²) in [5.41, 5.74) is 0.379. The second-order valence-electron chi connectivity index (χ2n) is 3.45. The molecular formula is C11H8BrClN2O2S. The Bertz CT molecular complexity index is 676. The van der Waals surface area contributed by atoms with E-state index in [1.165, 1.54) is 18.3 Å².